The fourth-order valence-electron chi connectivity index (χ4n) is 1.56. The zero-order valence-electron chi connectivity index (χ0n) is 8.89. The highest BCUT2D eigenvalue weighted by molar-refractivity contribution is 5.24. The van der Waals surface area contributed by atoms with Crippen LogP contribution < -0.4 is 5.73 Å². The Kier molecular flexibility index (Phi) is 4.08. The van der Waals surface area contributed by atoms with Gasteiger partial charge in [-0.2, -0.15) is 0 Å². The summed E-state index contributed by atoms with van der Waals surface area (Å²) in [5.41, 5.74) is 7.52. The van der Waals surface area contributed by atoms with Gasteiger partial charge >= 0.3 is 0 Å². The molecule has 1 nitrogen and oxygen atoms in total. The first kappa shape index (κ1) is 11.2. The number of aryl methyl sites for hydroxylation is 1. The molecule has 0 fully saturated rings. The quantitative estimate of drug-likeness (QED) is 0.785. The molecule has 0 aliphatic carbocycles. The van der Waals surface area contributed by atoms with Gasteiger partial charge < -0.3 is 5.73 Å². The minimum atomic E-state index is -0.130. The van der Waals surface area contributed by atoms with Gasteiger partial charge in [0.05, 0.1) is 0 Å². The SMILES string of the molecule is CCC(CN)Cc1ccc(F)c(C)c1. The molecule has 2 N–H and O–H groups in total. The van der Waals surface area contributed by atoms with E-state index in [1.165, 1.54) is 11.6 Å². The Bertz CT molecular complexity index is 292. The van der Waals surface area contributed by atoms with Gasteiger partial charge in [-0.25, -0.2) is 4.39 Å². The van der Waals surface area contributed by atoms with Crippen molar-refractivity contribution in [2.45, 2.75) is 26.7 Å². The highest BCUT2D eigenvalue weighted by Gasteiger charge is 2.06. The van der Waals surface area contributed by atoms with Crippen molar-refractivity contribution in [1.82, 2.24) is 0 Å². The van der Waals surface area contributed by atoms with Crippen molar-refractivity contribution in [2.75, 3.05) is 6.54 Å². The summed E-state index contributed by atoms with van der Waals surface area (Å²) in [6.45, 7) is 4.63. The van der Waals surface area contributed by atoms with E-state index in [1.54, 1.807) is 6.92 Å². The standard InChI is InChI=1S/C12H18FN/c1-3-10(8-14)7-11-4-5-12(13)9(2)6-11/h4-6,10H,3,7-8,14H2,1-2H3. The molecule has 0 spiro atoms. The van der Waals surface area contributed by atoms with E-state index in [4.69, 9.17) is 5.73 Å². The largest absolute Gasteiger partial charge is 0.330 e. The van der Waals surface area contributed by atoms with Crippen molar-refractivity contribution >= 4 is 0 Å². The lowest BCUT2D eigenvalue weighted by atomic mass is 9.96. The molecule has 1 atom stereocenters. The fraction of sp³-hybridized carbons (Fsp3) is 0.500. The Labute approximate surface area is 85.1 Å². The first-order valence-electron chi connectivity index (χ1n) is 5.12. The maximum atomic E-state index is 13.0. The predicted molar refractivity (Wildman–Crippen MR) is 57.7 cm³/mol. The highest BCUT2D eigenvalue weighted by Crippen LogP contribution is 2.14. The Morgan fingerprint density at radius 1 is 1.43 bits per heavy atom. The second-order valence-electron chi connectivity index (χ2n) is 3.80. The molecule has 1 aromatic rings. The van der Waals surface area contributed by atoms with E-state index < -0.39 is 0 Å². The van der Waals surface area contributed by atoms with Gasteiger partial charge in [-0.1, -0.05) is 25.5 Å². The maximum absolute atomic E-state index is 13.0. The van der Waals surface area contributed by atoms with E-state index in [0.29, 0.717) is 12.5 Å². The second-order valence-corrected chi connectivity index (χ2v) is 3.80. The van der Waals surface area contributed by atoms with E-state index in [9.17, 15) is 4.39 Å². The van der Waals surface area contributed by atoms with Crippen LogP contribution in [0, 0.1) is 18.7 Å². The van der Waals surface area contributed by atoms with Crippen LogP contribution in [0.3, 0.4) is 0 Å². The Morgan fingerprint density at radius 3 is 2.64 bits per heavy atom. The second kappa shape index (κ2) is 5.11. The molecule has 0 aliphatic rings. The molecular weight excluding hydrogens is 177 g/mol. The Hall–Kier alpha value is -0.890. The van der Waals surface area contributed by atoms with Crippen LogP contribution in [0.15, 0.2) is 18.2 Å². The third kappa shape index (κ3) is 2.81. The average Bonchev–Trinajstić information content (AvgIpc) is 2.19. The smallest absolute Gasteiger partial charge is 0.126 e. The molecule has 0 saturated carbocycles. The number of halogens is 1. The van der Waals surface area contributed by atoms with E-state index in [1.807, 2.05) is 12.1 Å². The van der Waals surface area contributed by atoms with E-state index in [0.717, 1.165) is 18.4 Å². The first-order chi connectivity index (χ1) is 6.67. The Balaban J connectivity index is 2.72. The summed E-state index contributed by atoms with van der Waals surface area (Å²) < 4.78 is 13.0. The summed E-state index contributed by atoms with van der Waals surface area (Å²) >= 11 is 0. The molecule has 1 aromatic carbocycles. The predicted octanol–water partition coefficient (Wildman–Crippen LogP) is 2.66. The number of rotatable bonds is 4. The van der Waals surface area contributed by atoms with Gasteiger partial charge in [0.15, 0.2) is 0 Å². The lowest BCUT2D eigenvalue weighted by Gasteiger charge is -2.12. The zero-order chi connectivity index (χ0) is 10.6. The van der Waals surface area contributed by atoms with Gasteiger partial charge in [0, 0.05) is 0 Å². The summed E-state index contributed by atoms with van der Waals surface area (Å²) in [6, 6.07) is 5.29. The van der Waals surface area contributed by atoms with Crippen molar-refractivity contribution in [3.63, 3.8) is 0 Å². The van der Waals surface area contributed by atoms with E-state index in [-0.39, 0.29) is 5.82 Å². The molecule has 1 unspecified atom stereocenters. The monoisotopic (exact) mass is 195 g/mol. The van der Waals surface area contributed by atoms with Gasteiger partial charge in [-0.05, 0) is 43.0 Å². The summed E-state index contributed by atoms with van der Waals surface area (Å²) in [5.74, 6) is 0.384. The molecule has 14 heavy (non-hydrogen) atoms. The van der Waals surface area contributed by atoms with Crippen molar-refractivity contribution < 1.29 is 4.39 Å². The lowest BCUT2D eigenvalue weighted by molar-refractivity contribution is 0.517. The van der Waals surface area contributed by atoms with Gasteiger partial charge in [0.2, 0.25) is 0 Å². The molecule has 2 heteroatoms. The van der Waals surface area contributed by atoms with Crippen LogP contribution in [0.4, 0.5) is 4.39 Å². The van der Waals surface area contributed by atoms with Gasteiger partial charge in [0.1, 0.15) is 5.82 Å². The van der Waals surface area contributed by atoms with Crippen LogP contribution in [-0.4, -0.2) is 6.54 Å². The van der Waals surface area contributed by atoms with Crippen LogP contribution in [0.1, 0.15) is 24.5 Å². The lowest BCUT2D eigenvalue weighted by Crippen LogP contribution is -2.15. The zero-order valence-corrected chi connectivity index (χ0v) is 8.89. The highest BCUT2D eigenvalue weighted by atomic mass is 19.1. The molecule has 0 aromatic heterocycles. The molecule has 1 rings (SSSR count). The normalized spacial score (nSPS) is 12.9. The van der Waals surface area contributed by atoms with Crippen LogP contribution in [0.5, 0.6) is 0 Å². The third-order valence-electron chi connectivity index (χ3n) is 2.66. The number of hydrogen-bond donors (Lipinski definition) is 1. The number of hydrogen-bond acceptors (Lipinski definition) is 1. The van der Waals surface area contributed by atoms with Gasteiger partial charge in [-0.15, -0.1) is 0 Å². The summed E-state index contributed by atoms with van der Waals surface area (Å²) in [4.78, 5) is 0. The molecule has 78 valence electrons. The van der Waals surface area contributed by atoms with Crippen LogP contribution in [-0.2, 0) is 6.42 Å². The van der Waals surface area contributed by atoms with Crippen LogP contribution in [0.2, 0.25) is 0 Å². The summed E-state index contributed by atoms with van der Waals surface area (Å²) in [6.07, 6.45) is 2.03. The summed E-state index contributed by atoms with van der Waals surface area (Å²) in [5, 5.41) is 0. The Morgan fingerprint density at radius 2 is 2.14 bits per heavy atom. The minimum Gasteiger partial charge on any atom is -0.330 e. The molecule has 0 heterocycles. The molecule has 0 amide bonds. The average molecular weight is 195 g/mol. The summed E-state index contributed by atoms with van der Waals surface area (Å²) in [7, 11) is 0. The molecule has 0 bridgehead atoms. The molecular formula is C12H18FN. The molecule has 0 radical (unpaired) electrons. The fourth-order valence-corrected chi connectivity index (χ4v) is 1.56. The maximum Gasteiger partial charge on any atom is 0.126 e. The van der Waals surface area contributed by atoms with Gasteiger partial charge in [-0.3, -0.25) is 0 Å². The number of benzene rings is 1. The van der Waals surface area contributed by atoms with Crippen LogP contribution in [0.25, 0.3) is 0 Å². The van der Waals surface area contributed by atoms with Crippen LogP contribution >= 0.6 is 0 Å². The van der Waals surface area contributed by atoms with E-state index in [2.05, 4.69) is 6.92 Å². The number of nitrogens with two attached hydrogens (primary N) is 1. The van der Waals surface area contributed by atoms with Gasteiger partial charge in [0.25, 0.3) is 0 Å². The first-order valence-corrected chi connectivity index (χ1v) is 5.12. The van der Waals surface area contributed by atoms with Crippen molar-refractivity contribution in [3.05, 3.63) is 35.1 Å². The third-order valence-corrected chi connectivity index (χ3v) is 2.66. The molecule has 0 saturated heterocycles. The molecule has 0 aliphatic heterocycles. The topological polar surface area (TPSA) is 26.0 Å². The minimum absolute atomic E-state index is 0.130. The van der Waals surface area contributed by atoms with Crippen molar-refractivity contribution in [3.8, 4) is 0 Å². The van der Waals surface area contributed by atoms with Crippen molar-refractivity contribution in [2.24, 2.45) is 11.7 Å². The van der Waals surface area contributed by atoms with Crippen molar-refractivity contribution in [1.29, 1.82) is 0 Å². The van der Waals surface area contributed by atoms with E-state index >= 15 is 0 Å².